The van der Waals surface area contributed by atoms with Crippen LogP contribution in [0.5, 0.6) is 0 Å². The van der Waals surface area contributed by atoms with Gasteiger partial charge in [-0.25, -0.2) is 4.68 Å². The minimum atomic E-state index is -0.462. The lowest BCUT2D eigenvalue weighted by molar-refractivity contribution is -0.115. The average molecular weight is 386 g/mol. The highest BCUT2D eigenvalue weighted by atomic mass is 32.2. The fourth-order valence-corrected chi connectivity index (χ4v) is 3.00. The van der Waals surface area contributed by atoms with E-state index in [1.807, 2.05) is 0 Å². The van der Waals surface area contributed by atoms with Crippen molar-refractivity contribution >= 4 is 35.0 Å². The summed E-state index contributed by atoms with van der Waals surface area (Å²) in [5.41, 5.74) is 1.27. The van der Waals surface area contributed by atoms with E-state index in [0.29, 0.717) is 28.1 Å². The zero-order valence-corrected chi connectivity index (χ0v) is 15.5. The normalized spacial score (nSPS) is 11.8. The maximum absolute atomic E-state index is 12.4. The second kappa shape index (κ2) is 7.96. The van der Waals surface area contributed by atoms with Gasteiger partial charge in [0.25, 0.3) is 0 Å². The van der Waals surface area contributed by atoms with Gasteiger partial charge in [0, 0.05) is 18.3 Å². The first kappa shape index (κ1) is 18.5. The molecule has 1 atom stereocenters. The largest absolute Gasteiger partial charge is 0.461 e. The van der Waals surface area contributed by atoms with Crippen molar-refractivity contribution in [2.45, 2.75) is 24.3 Å². The molecule has 0 aliphatic heterocycles. The Balaban J connectivity index is 1.62. The first-order valence-electron chi connectivity index (χ1n) is 8.03. The van der Waals surface area contributed by atoms with E-state index >= 15 is 0 Å². The summed E-state index contributed by atoms with van der Waals surface area (Å²) < 4.78 is 6.55. The number of nitrogens with two attached hydrogens (primary N) is 1. The van der Waals surface area contributed by atoms with Gasteiger partial charge in [-0.15, -0.1) is 10.2 Å². The molecule has 3 rings (SSSR count). The number of furan rings is 1. The number of hydrogen-bond donors (Lipinski definition) is 3. The van der Waals surface area contributed by atoms with E-state index in [-0.39, 0.29) is 11.8 Å². The standard InChI is InChI=1S/C17H18N6O3S/c1-10(16(25)20-13-7-5-12(6-8-13)19-11(2)24)27-17-22-21-15(23(17)18)14-4-3-9-26-14/h3-10H,18H2,1-2H3,(H,19,24)(H,20,25)/t10-/m1/s1. The Bertz CT molecular complexity index is 936. The van der Waals surface area contributed by atoms with Crippen LogP contribution in [0.2, 0.25) is 0 Å². The molecule has 10 heteroatoms. The van der Waals surface area contributed by atoms with E-state index in [1.54, 1.807) is 43.3 Å². The van der Waals surface area contributed by atoms with Crippen LogP contribution in [-0.4, -0.2) is 31.9 Å². The number of nitrogen functional groups attached to an aromatic ring is 1. The van der Waals surface area contributed by atoms with Crippen molar-refractivity contribution in [1.82, 2.24) is 14.9 Å². The third-order valence-electron chi connectivity index (χ3n) is 3.53. The lowest BCUT2D eigenvalue weighted by atomic mass is 10.2. The van der Waals surface area contributed by atoms with Crippen LogP contribution in [0.1, 0.15) is 13.8 Å². The minimum absolute atomic E-state index is 0.156. The Kier molecular flexibility index (Phi) is 5.46. The number of hydrogen-bond acceptors (Lipinski definition) is 7. The van der Waals surface area contributed by atoms with Crippen LogP contribution >= 0.6 is 11.8 Å². The third kappa shape index (κ3) is 4.47. The van der Waals surface area contributed by atoms with E-state index < -0.39 is 5.25 Å². The van der Waals surface area contributed by atoms with Crippen LogP contribution in [0.25, 0.3) is 11.6 Å². The maximum Gasteiger partial charge on any atom is 0.237 e. The molecule has 0 spiro atoms. The number of rotatable bonds is 6. The number of amides is 2. The van der Waals surface area contributed by atoms with Crippen LogP contribution in [0.3, 0.4) is 0 Å². The molecule has 2 aromatic heterocycles. The SMILES string of the molecule is CC(=O)Nc1ccc(NC(=O)[C@@H](C)Sc2nnc(-c3ccco3)n2N)cc1. The first-order valence-corrected chi connectivity index (χ1v) is 8.91. The van der Waals surface area contributed by atoms with Crippen LogP contribution < -0.4 is 16.5 Å². The van der Waals surface area contributed by atoms with Crippen molar-refractivity contribution < 1.29 is 14.0 Å². The molecule has 0 unspecified atom stereocenters. The quantitative estimate of drug-likeness (QED) is 0.438. The van der Waals surface area contributed by atoms with Crippen molar-refractivity contribution in [2.75, 3.05) is 16.5 Å². The summed E-state index contributed by atoms with van der Waals surface area (Å²) in [5.74, 6) is 6.50. The highest BCUT2D eigenvalue weighted by Gasteiger charge is 2.20. The molecule has 0 fully saturated rings. The molecular formula is C17H18N6O3S. The van der Waals surface area contributed by atoms with Crippen molar-refractivity contribution in [1.29, 1.82) is 0 Å². The second-order valence-corrected chi connectivity index (χ2v) is 6.97. The zero-order valence-electron chi connectivity index (χ0n) is 14.7. The molecule has 2 heterocycles. The molecule has 0 bridgehead atoms. The van der Waals surface area contributed by atoms with Gasteiger partial charge in [0.05, 0.1) is 11.5 Å². The number of nitrogens with one attached hydrogen (secondary N) is 2. The Hall–Kier alpha value is -3.27. The lowest BCUT2D eigenvalue weighted by Crippen LogP contribution is -2.23. The van der Waals surface area contributed by atoms with Gasteiger partial charge in [-0.3, -0.25) is 9.59 Å². The fourth-order valence-electron chi connectivity index (χ4n) is 2.23. The molecule has 27 heavy (non-hydrogen) atoms. The van der Waals surface area contributed by atoms with E-state index in [1.165, 1.54) is 29.6 Å². The zero-order chi connectivity index (χ0) is 19.4. The molecule has 9 nitrogen and oxygen atoms in total. The summed E-state index contributed by atoms with van der Waals surface area (Å²) in [5, 5.41) is 13.4. The van der Waals surface area contributed by atoms with Gasteiger partial charge in [0.2, 0.25) is 22.8 Å². The third-order valence-corrected chi connectivity index (χ3v) is 4.59. The second-order valence-electron chi connectivity index (χ2n) is 5.66. The molecule has 3 aromatic rings. The Morgan fingerprint density at radius 3 is 2.41 bits per heavy atom. The molecular weight excluding hydrogens is 368 g/mol. The van der Waals surface area contributed by atoms with E-state index in [9.17, 15) is 9.59 Å². The smallest absolute Gasteiger partial charge is 0.237 e. The molecule has 140 valence electrons. The highest BCUT2D eigenvalue weighted by Crippen LogP contribution is 2.25. The number of nitrogens with zero attached hydrogens (tertiary/aromatic N) is 3. The average Bonchev–Trinajstić information content (AvgIpc) is 3.27. The van der Waals surface area contributed by atoms with Crippen LogP contribution in [0.15, 0.2) is 52.2 Å². The molecule has 0 radical (unpaired) electrons. The molecule has 4 N–H and O–H groups in total. The maximum atomic E-state index is 12.4. The summed E-state index contributed by atoms with van der Waals surface area (Å²) in [4.78, 5) is 23.4. The summed E-state index contributed by atoms with van der Waals surface area (Å²) >= 11 is 1.18. The number of benzene rings is 1. The number of carbonyl (C=O) groups excluding carboxylic acids is 2. The summed E-state index contributed by atoms with van der Waals surface area (Å²) in [6.45, 7) is 3.18. The predicted molar refractivity (Wildman–Crippen MR) is 103 cm³/mol. The number of anilines is 2. The van der Waals surface area contributed by atoms with Gasteiger partial charge < -0.3 is 20.9 Å². The van der Waals surface area contributed by atoms with Gasteiger partial charge in [-0.2, -0.15) is 0 Å². The van der Waals surface area contributed by atoms with Gasteiger partial charge in [0.15, 0.2) is 5.76 Å². The molecule has 0 aliphatic carbocycles. The van der Waals surface area contributed by atoms with E-state index in [4.69, 9.17) is 10.3 Å². The number of carbonyl (C=O) groups is 2. The first-order chi connectivity index (χ1) is 12.9. The molecule has 2 amide bonds. The van der Waals surface area contributed by atoms with Gasteiger partial charge in [-0.1, -0.05) is 11.8 Å². The molecule has 1 aromatic carbocycles. The molecule has 0 saturated heterocycles. The Morgan fingerprint density at radius 1 is 1.15 bits per heavy atom. The number of thioether (sulfide) groups is 1. The van der Waals surface area contributed by atoms with Crippen molar-refractivity contribution in [3.63, 3.8) is 0 Å². The number of aromatic nitrogens is 3. The molecule has 0 aliphatic rings. The van der Waals surface area contributed by atoms with Crippen molar-refractivity contribution in [2.24, 2.45) is 0 Å². The van der Waals surface area contributed by atoms with Crippen molar-refractivity contribution in [3.8, 4) is 11.6 Å². The van der Waals surface area contributed by atoms with Crippen molar-refractivity contribution in [3.05, 3.63) is 42.7 Å². The fraction of sp³-hybridized carbons (Fsp3) is 0.176. The highest BCUT2D eigenvalue weighted by molar-refractivity contribution is 8.00. The van der Waals surface area contributed by atoms with Gasteiger partial charge in [0.1, 0.15) is 0 Å². The van der Waals surface area contributed by atoms with Gasteiger partial charge >= 0.3 is 0 Å². The van der Waals surface area contributed by atoms with Gasteiger partial charge in [-0.05, 0) is 43.3 Å². The van der Waals surface area contributed by atoms with E-state index in [0.717, 1.165) is 0 Å². The minimum Gasteiger partial charge on any atom is -0.461 e. The summed E-state index contributed by atoms with van der Waals surface area (Å²) in [6.07, 6.45) is 1.52. The topological polar surface area (TPSA) is 128 Å². The Morgan fingerprint density at radius 2 is 1.81 bits per heavy atom. The van der Waals surface area contributed by atoms with Crippen LogP contribution in [0.4, 0.5) is 11.4 Å². The summed E-state index contributed by atoms with van der Waals surface area (Å²) in [6, 6.07) is 10.3. The molecule has 0 saturated carbocycles. The van der Waals surface area contributed by atoms with Crippen LogP contribution in [-0.2, 0) is 9.59 Å². The monoisotopic (exact) mass is 386 g/mol. The Labute approximate surface area is 159 Å². The lowest BCUT2D eigenvalue weighted by Gasteiger charge is -2.12. The predicted octanol–water partition coefficient (Wildman–Crippen LogP) is 2.33. The van der Waals surface area contributed by atoms with E-state index in [2.05, 4.69) is 20.8 Å². The van der Waals surface area contributed by atoms with Crippen LogP contribution in [0, 0.1) is 0 Å². The summed E-state index contributed by atoms with van der Waals surface area (Å²) in [7, 11) is 0.